The molecular formula is C23H27N3O4. The standard InChI is InChI=1S/C23H27N3O4/c1-18-10-11-20(14-21(18)24-16-27)25-23(28)29-13-7-3-2-6-12-26-15-19-8-4-5-9-22(19)30-17-26/h4-5,8-11,14H,2-3,6-7,12-13,15,17H2,1H3,(H,25,28). The number of unbranched alkanes of at least 4 members (excludes halogenated alkanes) is 3. The molecule has 0 saturated carbocycles. The van der Waals surface area contributed by atoms with Crippen molar-refractivity contribution in [3.63, 3.8) is 0 Å². The molecule has 1 aliphatic rings. The van der Waals surface area contributed by atoms with Crippen molar-refractivity contribution >= 4 is 23.5 Å². The smallest absolute Gasteiger partial charge is 0.411 e. The van der Waals surface area contributed by atoms with Gasteiger partial charge in [0.15, 0.2) is 0 Å². The second kappa shape index (κ2) is 11.1. The Morgan fingerprint density at radius 2 is 2.03 bits per heavy atom. The van der Waals surface area contributed by atoms with Gasteiger partial charge < -0.3 is 9.47 Å². The Balaban J connectivity index is 1.26. The van der Waals surface area contributed by atoms with Crippen LogP contribution in [0.25, 0.3) is 0 Å². The normalized spacial score (nSPS) is 13.0. The van der Waals surface area contributed by atoms with Gasteiger partial charge in [0.1, 0.15) is 12.5 Å². The fourth-order valence-electron chi connectivity index (χ4n) is 3.33. The summed E-state index contributed by atoms with van der Waals surface area (Å²) in [5, 5.41) is 2.65. The van der Waals surface area contributed by atoms with Crippen LogP contribution in [0.1, 0.15) is 36.8 Å². The maximum atomic E-state index is 11.9. The number of carbonyl (C=O) groups is 1. The molecule has 0 radical (unpaired) electrons. The Bertz CT molecular complexity index is 909. The van der Waals surface area contributed by atoms with Gasteiger partial charge in [-0.05, 0) is 43.5 Å². The number of aryl methyl sites for hydroxylation is 1. The van der Waals surface area contributed by atoms with E-state index in [1.165, 1.54) is 11.6 Å². The van der Waals surface area contributed by atoms with Crippen molar-refractivity contribution in [2.24, 2.45) is 4.99 Å². The van der Waals surface area contributed by atoms with E-state index < -0.39 is 6.09 Å². The lowest BCUT2D eigenvalue weighted by Crippen LogP contribution is -2.32. The fourth-order valence-corrected chi connectivity index (χ4v) is 3.33. The van der Waals surface area contributed by atoms with Crippen LogP contribution in [0.2, 0.25) is 0 Å². The molecule has 0 aromatic heterocycles. The number of hydrogen-bond donors (Lipinski definition) is 1. The van der Waals surface area contributed by atoms with Crippen LogP contribution in [0.3, 0.4) is 0 Å². The van der Waals surface area contributed by atoms with Gasteiger partial charge in [-0.25, -0.2) is 9.59 Å². The summed E-state index contributed by atoms with van der Waals surface area (Å²) in [5.41, 5.74) is 3.08. The van der Waals surface area contributed by atoms with Gasteiger partial charge in [-0.15, -0.1) is 0 Å². The predicted molar refractivity (Wildman–Crippen MR) is 115 cm³/mol. The number of benzene rings is 2. The van der Waals surface area contributed by atoms with E-state index >= 15 is 0 Å². The maximum Gasteiger partial charge on any atom is 0.411 e. The summed E-state index contributed by atoms with van der Waals surface area (Å²) in [5.74, 6) is 0.988. The Hall–Kier alpha value is -3.15. The van der Waals surface area contributed by atoms with Crippen molar-refractivity contribution in [3.05, 3.63) is 53.6 Å². The van der Waals surface area contributed by atoms with Gasteiger partial charge in [0.05, 0.1) is 12.3 Å². The lowest BCUT2D eigenvalue weighted by molar-refractivity contribution is 0.0933. The summed E-state index contributed by atoms with van der Waals surface area (Å²) in [4.78, 5) is 28.3. The van der Waals surface area contributed by atoms with Crippen LogP contribution >= 0.6 is 0 Å². The molecule has 0 unspecified atom stereocenters. The monoisotopic (exact) mass is 409 g/mol. The average Bonchev–Trinajstić information content (AvgIpc) is 2.75. The summed E-state index contributed by atoms with van der Waals surface area (Å²) in [6.45, 7) is 4.76. The number of hydrogen-bond acceptors (Lipinski definition) is 6. The minimum atomic E-state index is -0.510. The summed E-state index contributed by atoms with van der Waals surface area (Å²) in [6.07, 6.45) is 4.98. The first-order valence-electron chi connectivity index (χ1n) is 10.2. The Labute approximate surface area is 176 Å². The molecular weight excluding hydrogens is 382 g/mol. The summed E-state index contributed by atoms with van der Waals surface area (Å²) in [6, 6.07) is 13.3. The Morgan fingerprint density at radius 1 is 1.20 bits per heavy atom. The summed E-state index contributed by atoms with van der Waals surface area (Å²) in [7, 11) is 0. The van der Waals surface area contributed by atoms with E-state index in [0.29, 0.717) is 24.7 Å². The van der Waals surface area contributed by atoms with Crippen molar-refractivity contribution < 1.29 is 19.1 Å². The third-order valence-electron chi connectivity index (χ3n) is 4.99. The molecule has 2 aromatic rings. The number of amides is 1. The number of rotatable bonds is 9. The molecule has 3 rings (SSSR count). The van der Waals surface area contributed by atoms with E-state index in [1.807, 2.05) is 25.1 Å². The number of ether oxygens (including phenoxy) is 2. The molecule has 1 amide bonds. The topological polar surface area (TPSA) is 80.2 Å². The largest absolute Gasteiger partial charge is 0.478 e. The van der Waals surface area contributed by atoms with Crippen molar-refractivity contribution in [3.8, 4) is 5.75 Å². The molecule has 0 aliphatic carbocycles. The third-order valence-corrected chi connectivity index (χ3v) is 4.99. The fraction of sp³-hybridized carbons (Fsp3) is 0.391. The molecule has 158 valence electrons. The highest BCUT2D eigenvalue weighted by molar-refractivity contribution is 5.85. The molecule has 0 bridgehead atoms. The number of nitrogens with one attached hydrogen (secondary N) is 1. The second-order valence-electron chi connectivity index (χ2n) is 7.31. The highest BCUT2D eigenvalue weighted by Crippen LogP contribution is 2.24. The first-order chi connectivity index (χ1) is 14.7. The molecule has 0 fully saturated rings. The van der Waals surface area contributed by atoms with E-state index in [4.69, 9.17) is 9.47 Å². The number of para-hydroxylation sites is 1. The number of aliphatic imine (C=N–C) groups is 1. The Kier molecular flexibility index (Phi) is 8.01. The van der Waals surface area contributed by atoms with E-state index in [0.717, 1.165) is 50.1 Å². The number of fused-ring (bicyclic) bond motifs is 1. The molecule has 2 aromatic carbocycles. The van der Waals surface area contributed by atoms with E-state index in [2.05, 4.69) is 21.3 Å². The van der Waals surface area contributed by atoms with Gasteiger partial charge in [0.2, 0.25) is 6.08 Å². The van der Waals surface area contributed by atoms with Crippen LogP contribution in [0.4, 0.5) is 16.2 Å². The molecule has 1 aliphatic heterocycles. The minimum absolute atomic E-state index is 0.372. The van der Waals surface area contributed by atoms with E-state index in [-0.39, 0.29) is 0 Å². The first-order valence-corrected chi connectivity index (χ1v) is 10.2. The minimum Gasteiger partial charge on any atom is -0.478 e. The number of anilines is 1. The lowest BCUT2D eigenvalue weighted by atomic mass is 10.1. The third kappa shape index (κ3) is 6.44. The number of carbonyl (C=O) groups excluding carboxylic acids is 2. The van der Waals surface area contributed by atoms with Crippen LogP contribution in [0.15, 0.2) is 47.5 Å². The van der Waals surface area contributed by atoms with Gasteiger partial charge in [-0.3, -0.25) is 10.2 Å². The van der Waals surface area contributed by atoms with Crippen LogP contribution in [-0.4, -0.2) is 37.0 Å². The molecule has 7 heteroatoms. The van der Waals surface area contributed by atoms with Crippen LogP contribution in [0.5, 0.6) is 5.75 Å². The van der Waals surface area contributed by atoms with Crippen LogP contribution in [0, 0.1) is 6.92 Å². The number of isocyanates is 1. The summed E-state index contributed by atoms with van der Waals surface area (Å²) < 4.78 is 11.0. The molecule has 0 spiro atoms. The maximum absolute atomic E-state index is 11.9. The van der Waals surface area contributed by atoms with Gasteiger partial charge in [-0.1, -0.05) is 37.1 Å². The van der Waals surface area contributed by atoms with Gasteiger partial charge in [0.25, 0.3) is 0 Å². The average molecular weight is 409 g/mol. The van der Waals surface area contributed by atoms with Crippen molar-refractivity contribution in [2.45, 2.75) is 39.2 Å². The molecule has 1 N–H and O–H groups in total. The van der Waals surface area contributed by atoms with Gasteiger partial charge in [-0.2, -0.15) is 4.99 Å². The SMILES string of the molecule is Cc1ccc(NC(=O)OCCCCCCN2COc3ccccc3C2)cc1N=C=O. The quantitative estimate of drug-likeness (QED) is 0.361. The van der Waals surface area contributed by atoms with Gasteiger partial charge >= 0.3 is 6.09 Å². The molecule has 7 nitrogen and oxygen atoms in total. The van der Waals surface area contributed by atoms with Crippen molar-refractivity contribution in [2.75, 3.05) is 25.2 Å². The predicted octanol–water partition coefficient (Wildman–Crippen LogP) is 4.92. The van der Waals surface area contributed by atoms with Crippen LogP contribution in [-0.2, 0) is 16.1 Å². The van der Waals surface area contributed by atoms with E-state index in [1.54, 1.807) is 18.2 Å². The second-order valence-corrected chi connectivity index (χ2v) is 7.31. The number of nitrogens with zero attached hydrogens (tertiary/aromatic N) is 2. The lowest BCUT2D eigenvalue weighted by Gasteiger charge is -2.28. The first kappa shape index (κ1) is 21.6. The van der Waals surface area contributed by atoms with Gasteiger partial charge in [0, 0.05) is 24.3 Å². The molecule has 0 atom stereocenters. The van der Waals surface area contributed by atoms with Crippen molar-refractivity contribution in [1.82, 2.24) is 4.90 Å². The molecule has 30 heavy (non-hydrogen) atoms. The summed E-state index contributed by atoms with van der Waals surface area (Å²) >= 11 is 0. The zero-order valence-electron chi connectivity index (χ0n) is 17.2. The van der Waals surface area contributed by atoms with Crippen molar-refractivity contribution in [1.29, 1.82) is 0 Å². The van der Waals surface area contributed by atoms with E-state index in [9.17, 15) is 9.59 Å². The highest BCUT2D eigenvalue weighted by Gasteiger charge is 2.15. The zero-order valence-corrected chi connectivity index (χ0v) is 17.2. The molecule has 0 saturated heterocycles. The molecule has 1 heterocycles. The Morgan fingerprint density at radius 3 is 2.90 bits per heavy atom. The zero-order chi connectivity index (χ0) is 21.2. The van der Waals surface area contributed by atoms with Crippen LogP contribution < -0.4 is 10.1 Å². The highest BCUT2D eigenvalue weighted by atomic mass is 16.5.